The molecule has 0 amide bonds. The molecule has 1 aliphatic heterocycles. The molecular weight excluding hydrogens is 378 g/mol. The van der Waals surface area contributed by atoms with Gasteiger partial charge in [-0.25, -0.2) is 0 Å². The van der Waals surface area contributed by atoms with Gasteiger partial charge in [0.15, 0.2) is 0 Å². The van der Waals surface area contributed by atoms with E-state index in [9.17, 15) is 0 Å². The molecule has 3 nitrogen and oxygen atoms in total. The van der Waals surface area contributed by atoms with Crippen molar-refractivity contribution < 1.29 is 0 Å². The number of hydrogen-bond acceptors (Lipinski definition) is 2. The predicted octanol–water partition coefficient (Wildman–Crippen LogP) is 6.85. The maximum absolute atomic E-state index is 5.41. The number of amidine groups is 1. The Kier molecular flexibility index (Phi) is 5.25. The number of aromatic nitrogens is 1. The summed E-state index contributed by atoms with van der Waals surface area (Å²) in [5.74, 6) is 1.08. The molecule has 154 valence electrons. The van der Waals surface area contributed by atoms with Gasteiger partial charge in [-0.05, 0) is 47.6 Å². The second-order valence-corrected chi connectivity index (χ2v) is 8.24. The number of aryl methyl sites for hydroxylation is 1. The lowest BCUT2D eigenvalue weighted by molar-refractivity contribution is 0.638. The molecule has 0 spiro atoms. The summed E-state index contributed by atoms with van der Waals surface area (Å²) in [6.45, 7) is 5.24. The van der Waals surface area contributed by atoms with E-state index in [0.717, 1.165) is 25.2 Å². The molecule has 3 aromatic carbocycles. The van der Waals surface area contributed by atoms with Crippen LogP contribution in [0.5, 0.6) is 0 Å². The van der Waals surface area contributed by atoms with Gasteiger partial charge in [-0.2, -0.15) is 0 Å². The number of pyridine rings is 1. The highest BCUT2D eigenvalue weighted by molar-refractivity contribution is 6.27. The third-order valence-corrected chi connectivity index (χ3v) is 6.10. The van der Waals surface area contributed by atoms with Gasteiger partial charge in [0, 0.05) is 29.9 Å². The Bertz CT molecular complexity index is 1230. The Morgan fingerprint density at radius 2 is 1.71 bits per heavy atom. The fourth-order valence-corrected chi connectivity index (χ4v) is 4.62. The minimum absolute atomic E-state index is 0.117. The van der Waals surface area contributed by atoms with Gasteiger partial charge in [0.2, 0.25) is 0 Å². The Morgan fingerprint density at radius 3 is 2.48 bits per heavy atom. The average molecular weight is 406 g/mol. The second-order valence-electron chi connectivity index (χ2n) is 8.24. The highest BCUT2D eigenvalue weighted by Gasteiger charge is 2.30. The summed E-state index contributed by atoms with van der Waals surface area (Å²) in [6.07, 6.45) is 5.83. The van der Waals surface area contributed by atoms with Crippen molar-refractivity contribution in [2.75, 3.05) is 4.90 Å². The quantitative estimate of drug-likeness (QED) is 0.351. The Labute approximate surface area is 184 Å². The molecule has 31 heavy (non-hydrogen) atoms. The molecule has 0 saturated heterocycles. The van der Waals surface area contributed by atoms with Crippen LogP contribution in [-0.2, 0) is 6.54 Å². The van der Waals surface area contributed by atoms with E-state index in [0.29, 0.717) is 0 Å². The monoisotopic (exact) mass is 405 g/mol. The summed E-state index contributed by atoms with van der Waals surface area (Å²) < 4.78 is 0. The third-order valence-electron chi connectivity index (χ3n) is 6.10. The molecule has 0 fully saturated rings. The van der Waals surface area contributed by atoms with E-state index in [1.165, 1.54) is 38.7 Å². The molecule has 0 aliphatic carbocycles. The van der Waals surface area contributed by atoms with Gasteiger partial charge in [-0.3, -0.25) is 9.98 Å². The van der Waals surface area contributed by atoms with Crippen LogP contribution in [0, 0.1) is 6.92 Å². The van der Waals surface area contributed by atoms with Gasteiger partial charge >= 0.3 is 0 Å². The summed E-state index contributed by atoms with van der Waals surface area (Å²) in [7, 11) is 0. The first-order valence-corrected chi connectivity index (χ1v) is 11.1. The smallest absolute Gasteiger partial charge is 0.137 e. The lowest BCUT2D eigenvalue weighted by Crippen LogP contribution is -2.28. The van der Waals surface area contributed by atoms with Crippen molar-refractivity contribution in [3.05, 3.63) is 107 Å². The topological polar surface area (TPSA) is 28.5 Å². The van der Waals surface area contributed by atoms with Crippen LogP contribution in [0.2, 0.25) is 0 Å². The molecule has 3 heteroatoms. The average Bonchev–Trinajstić information content (AvgIpc) is 3.12. The first kappa shape index (κ1) is 19.5. The van der Waals surface area contributed by atoms with Gasteiger partial charge < -0.3 is 4.90 Å². The molecule has 0 bridgehead atoms. The van der Waals surface area contributed by atoms with Crippen molar-refractivity contribution in [2.24, 2.45) is 4.99 Å². The minimum Gasteiger partial charge on any atom is -0.321 e. The zero-order valence-corrected chi connectivity index (χ0v) is 18.1. The largest absolute Gasteiger partial charge is 0.321 e. The summed E-state index contributed by atoms with van der Waals surface area (Å²) in [6, 6.07) is 26.0. The Hall–Kier alpha value is -3.46. The van der Waals surface area contributed by atoms with E-state index in [4.69, 9.17) is 4.99 Å². The van der Waals surface area contributed by atoms with Gasteiger partial charge in [0.1, 0.15) is 5.84 Å². The maximum atomic E-state index is 5.41. The van der Waals surface area contributed by atoms with Crippen LogP contribution in [0.1, 0.15) is 48.1 Å². The number of hydrogen-bond donors (Lipinski definition) is 0. The van der Waals surface area contributed by atoms with Crippen molar-refractivity contribution >= 4 is 22.3 Å². The number of nitrogens with zero attached hydrogens (tertiary/aromatic N) is 3. The zero-order valence-electron chi connectivity index (χ0n) is 18.1. The first-order chi connectivity index (χ1) is 15.3. The summed E-state index contributed by atoms with van der Waals surface area (Å²) in [5, 5.41) is 2.60. The molecule has 1 aromatic heterocycles. The highest BCUT2D eigenvalue weighted by Crippen LogP contribution is 2.42. The van der Waals surface area contributed by atoms with Gasteiger partial charge in [0.05, 0.1) is 11.7 Å². The first-order valence-electron chi connectivity index (χ1n) is 11.1. The van der Waals surface area contributed by atoms with Crippen LogP contribution in [0.3, 0.4) is 0 Å². The predicted molar refractivity (Wildman–Crippen MR) is 130 cm³/mol. The van der Waals surface area contributed by atoms with Crippen molar-refractivity contribution in [2.45, 2.75) is 39.3 Å². The van der Waals surface area contributed by atoms with Crippen LogP contribution in [0.4, 0.5) is 5.69 Å². The zero-order chi connectivity index (χ0) is 21.2. The van der Waals surface area contributed by atoms with E-state index in [1.807, 2.05) is 12.4 Å². The van der Waals surface area contributed by atoms with E-state index >= 15 is 0 Å². The molecule has 2 heterocycles. The fourth-order valence-electron chi connectivity index (χ4n) is 4.62. The second kappa shape index (κ2) is 8.35. The van der Waals surface area contributed by atoms with Crippen LogP contribution >= 0.6 is 0 Å². The van der Waals surface area contributed by atoms with E-state index < -0.39 is 0 Å². The van der Waals surface area contributed by atoms with Gasteiger partial charge in [-0.15, -0.1) is 0 Å². The van der Waals surface area contributed by atoms with Crippen LogP contribution < -0.4 is 4.90 Å². The van der Waals surface area contributed by atoms with E-state index in [2.05, 4.69) is 96.5 Å². The number of anilines is 1. The lowest BCUT2D eigenvalue weighted by atomic mass is 10.0. The van der Waals surface area contributed by atoms with Crippen molar-refractivity contribution in [3.8, 4) is 0 Å². The summed E-state index contributed by atoms with van der Waals surface area (Å²) in [4.78, 5) is 12.0. The highest BCUT2D eigenvalue weighted by atomic mass is 15.2. The maximum Gasteiger partial charge on any atom is 0.137 e. The van der Waals surface area contributed by atoms with E-state index in [1.54, 1.807) is 0 Å². The third kappa shape index (κ3) is 3.61. The fraction of sp³-hybridized carbons (Fsp3) is 0.214. The molecule has 0 N–H and O–H groups in total. The molecule has 0 saturated carbocycles. The standard InChI is InChI=1S/C28H27N3/c1-3-8-25(22-15-17-29-18-16-22)30-28-24-12-7-11-23-14-13-20(2)27(26(23)24)31(28)19-21-9-5-4-6-10-21/h4-7,9-18,25H,3,8,19H2,1-2H3. The SMILES string of the molecule is CCCC(N=C1c2cccc3ccc(C)c(c23)N1Cc1ccccc1)c1ccncc1. The number of rotatable bonds is 6. The van der Waals surface area contributed by atoms with Crippen LogP contribution in [-0.4, -0.2) is 10.8 Å². The normalized spacial score (nSPS) is 15.0. The van der Waals surface area contributed by atoms with Gasteiger partial charge in [0.25, 0.3) is 0 Å². The number of aliphatic imine (C=N–C) groups is 1. The summed E-state index contributed by atoms with van der Waals surface area (Å²) in [5.41, 5.74) is 6.33. The molecule has 4 aromatic rings. The lowest BCUT2D eigenvalue weighted by Gasteiger charge is -2.24. The molecule has 0 radical (unpaired) electrons. The Balaban J connectivity index is 1.69. The minimum atomic E-state index is 0.117. The molecule has 1 atom stereocenters. The van der Waals surface area contributed by atoms with Gasteiger partial charge in [-0.1, -0.05) is 74.0 Å². The molecule has 1 aliphatic rings. The molecular formula is C28H27N3. The molecule has 1 unspecified atom stereocenters. The van der Waals surface area contributed by atoms with Crippen molar-refractivity contribution in [1.29, 1.82) is 0 Å². The summed E-state index contributed by atoms with van der Waals surface area (Å²) >= 11 is 0. The van der Waals surface area contributed by atoms with Crippen LogP contribution in [0.15, 0.2) is 90.2 Å². The van der Waals surface area contributed by atoms with Crippen LogP contribution in [0.25, 0.3) is 10.8 Å². The van der Waals surface area contributed by atoms with Crippen molar-refractivity contribution in [3.63, 3.8) is 0 Å². The molecule has 5 rings (SSSR count). The Morgan fingerprint density at radius 1 is 0.903 bits per heavy atom. The van der Waals surface area contributed by atoms with Crippen molar-refractivity contribution in [1.82, 2.24) is 4.98 Å². The van der Waals surface area contributed by atoms with E-state index in [-0.39, 0.29) is 6.04 Å². The number of benzene rings is 3.